The van der Waals surface area contributed by atoms with Gasteiger partial charge in [0, 0.05) is 5.92 Å². The first-order valence-electron chi connectivity index (χ1n) is 5.34. The lowest BCUT2D eigenvalue weighted by Crippen LogP contribution is -2.36. The molecule has 0 saturated heterocycles. The molecular formula is C12H12F3NO2. The first kappa shape index (κ1) is 12.9. The highest BCUT2D eigenvalue weighted by atomic mass is 19.4. The Labute approximate surface area is 102 Å². The van der Waals surface area contributed by atoms with Crippen molar-refractivity contribution in [1.29, 1.82) is 0 Å². The predicted molar refractivity (Wildman–Crippen MR) is 57.7 cm³/mol. The zero-order valence-corrected chi connectivity index (χ0v) is 9.62. The normalized spacial score (nSPS) is 26.8. The molecular weight excluding hydrogens is 247 g/mol. The minimum Gasteiger partial charge on any atom is -0.468 e. The zero-order chi connectivity index (χ0) is 13.6. The van der Waals surface area contributed by atoms with Gasteiger partial charge in [-0.15, -0.1) is 0 Å². The molecule has 0 spiro atoms. The van der Waals surface area contributed by atoms with E-state index in [1.54, 1.807) is 0 Å². The molecule has 2 unspecified atom stereocenters. The van der Waals surface area contributed by atoms with Gasteiger partial charge in [-0.25, -0.2) is 0 Å². The summed E-state index contributed by atoms with van der Waals surface area (Å²) in [5.41, 5.74) is 3.73. The summed E-state index contributed by atoms with van der Waals surface area (Å²) in [5, 5.41) is 0. The second kappa shape index (κ2) is 3.98. The lowest BCUT2D eigenvalue weighted by Gasteiger charge is -2.14. The Hall–Kier alpha value is -1.56. The molecule has 1 aromatic carbocycles. The number of halogens is 3. The lowest BCUT2D eigenvalue weighted by molar-refractivity contribution is -0.144. The molecule has 0 aliphatic heterocycles. The van der Waals surface area contributed by atoms with E-state index in [2.05, 4.69) is 4.74 Å². The van der Waals surface area contributed by atoms with Crippen LogP contribution in [0.15, 0.2) is 24.3 Å². The van der Waals surface area contributed by atoms with Crippen molar-refractivity contribution in [2.24, 2.45) is 5.73 Å². The number of alkyl halides is 3. The van der Waals surface area contributed by atoms with Gasteiger partial charge in [-0.3, -0.25) is 4.79 Å². The van der Waals surface area contributed by atoms with Crippen LogP contribution < -0.4 is 5.73 Å². The first-order chi connectivity index (χ1) is 8.30. The summed E-state index contributed by atoms with van der Waals surface area (Å²) in [6.45, 7) is 0. The quantitative estimate of drug-likeness (QED) is 0.827. The van der Waals surface area contributed by atoms with E-state index in [-0.39, 0.29) is 12.0 Å². The van der Waals surface area contributed by atoms with Crippen molar-refractivity contribution < 1.29 is 22.7 Å². The van der Waals surface area contributed by atoms with Gasteiger partial charge in [-0.1, -0.05) is 18.2 Å². The van der Waals surface area contributed by atoms with Crippen LogP contribution in [0.4, 0.5) is 13.2 Å². The average molecular weight is 259 g/mol. The van der Waals surface area contributed by atoms with Crippen molar-refractivity contribution >= 4 is 5.97 Å². The number of benzene rings is 1. The number of carbonyl (C=O) groups excluding carboxylic acids is 1. The molecule has 1 fully saturated rings. The molecule has 0 aromatic heterocycles. The van der Waals surface area contributed by atoms with Crippen LogP contribution in [0, 0.1) is 0 Å². The third-order valence-corrected chi connectivity index (χ3v) is 3.21. The predicted octanol–water partition coefficient (Wildman–Crippen LogP) is 2.06. The Morgan fingerprint density at radius 1 is 1.44 bits per heavy atom. The molecule has 1 saturated carbocycles. The van der Waals surface area contributed by atoms with Gasteiger partial charge in [0.25, 0.3) is 0 Å². The van der Waals surface area contributed by atoms with Crippen molar-refractivity contribution in [3.63, 3.8) is 0 Å². The first-order valence-corrected chi connectivity index (χ1v) is 5.34. The van der Waals surface area contributed by atoms with E-state index in [1.807, 2.05) is 0 Å². The van der Waals surface area contributed by atoms with Gasteiger partial charge in [0.2, 0.25) is 0 Å². The molecule has 2 rings (SSSR count). The number of ether oxygens (including phenoxy) is 1. The smallest absolute Gasteiger partial charge is 0.416 e. The minimum absolute atomic E-state index is 0.0536. The second-order valence-corrected chi connectivity index (χ2v) is 4.37. The van der Waals surface area contributed by atoms with Gasteiger partial charge in [-0.2, -0.15) is 13.2 Å². The van der Waals surface area contributed by atoms with Crippen molar-refractivity contribution in [3.05, 3.63) is 35.4 Å². The van der Waals surface area contributed by atoms with Crippen LogP contribution in [-0.4, -0.2) is 18.6 Å². The van der Waals surface area contributed by atoms with Crippen molar-refractivity contribution in [1.82, 2.24) is 0 Å². The van der Waals surface area contributed by atoms with Crippen molar-refractivity contribution in [3.8, 4) is 0 Å². The Balaban J connectivity index is 2.35. The third-order valence-electron chi connectivity index (χ3n) is 3.21. The molecule has 2 N–H and O–H groups in total. The molecule has 1 aromatic rings. The largest absolute Gasteiger partial charge is 0.468 e. The molecule has 0 bridgehead atoms. The number of hydrogen-bond acceptors (Lipinski definition) is 3. The van der Waals surface area contributed by atoms with E-state index in [0.717, 1.165) is 6.07 Å². The molecule has 0 radical (unpaired) electrons. The summed E-state index contributed by atoms with van der Waals surface area (Å²) in [6.07, 6.45) is -4.27. The highest BCUT2D eigenvalue weighted by molar-refractivity contribution is 5.86. The van der Waals surface area contributed by atoms with E-state index in [9.17, 15) is 18.0 Å². The van der Waals surface area contributed by atoms with Gasteiger partial charge in [0.15, 0.2) is 0 Å². The van der Waals surface area contributed by atoms with Gasteiger partial charge < -0.3 is 10.5 Å². The van der Waals surface area contributed by atoms with Gasteiger partial charge in [0.05, 0.1) is 12.7 Å². The summed E-state index contributed by atoms with van der Waals surface area (Å²) in [4.78, 5) is 11.4. The van der Waals surface area contributed by atoms with E-state index < -0.39 is 29.2 Å². The van der Waals surface area contributed by atoms with Crippen LogP contribution in [0.3, 0.4) is 0 Å². The third kappa shape index (κ3) is 1.96. The summed E-state index contributed by atoms with van der Waals surface area (Å²) in [5.74, 6) is -1.31. The molecule has 2 atom stereocenters. The standard InChI is InChI=1S/C12H12F3NO2/c1-18-10(17)11(16)6-9(11)7-4-2-3-5-8(7)12(13,14)15/h2-5,9H,6,16H2,1H3. The van der Waals surface area contributed by atoms with Crippen molar-refractivity contribution in [2.45, 2.75) is 24.1 Å². The van der Waals surface area contributed by atoms with E-state index in [4.69, 9.17) is 5.73 Å². The second-order valence-electron chi connectivity index (χ2n) is 4.37. The van der Waals surface area contributed by atoms with Crippen LogP contribution in [0.1, 0.15) is 23.5 Å². The summed E-state index contributed by atoms with van der Waals surface area (Å²) in [6, 6.07) is 5.15. The Morgan fingerprint density at radius 2 is 2.06 bits per heavy atom. The van der Waals surface area contributed by atoms with Crippen molar-refractivity contribution in [2.75, 3.05) is 7.11 Å². The maximum atomic E-state index is 12.8. The maximum absolute atomic E-state index is 12.8. The van der Waals surface area contributed by atoms with E-state index >= 15 is 0 Å². The monoisotopic (exact) mass is 259 g/mol. The summed E-state index contributed by atoms with van der Waals surface area (Å²) < 4.78 is 43.0. The van der Waals surface area contributed by atoms with Crippen LogP contribution in [-0.2, 0) is 15.7 Å². The SMILES string of the molecule is COC(=O)C1(N)CC1c1ccccc1C(F)(F)F. The molecule has 1 aliphatic carbocycles. The maximum Gasteiger partial charge on any atom is 0.416 e. The fraction of sp³-hybridized carbons (Fsp3) is 0.417. The van der Waals surface area contributed by atoms with Crippen LogP contribution in [0.5, 0.6) is 0 Å². The number of hydrogen-bond donors (Lipinski definition) is 1. The Kier molecular flexibility index (Phi) is 2.85. The minimum atomic E-state index is -4.45. The molecule has 98 valence electrons. The number of nitrogens with two attached hydrogens (primary N) is 1. The highest BCUT2D eigenvalue weighted by Gasteiger charge is 2.60. The zero-order valence-electron chi connectivity index (χ0n) is 9.62. The number of carbonyl (C=O) groups is 1. The van der Waals surface area contributed by atoms with E-state index in [1.165, 1.54) is 25.3 Å². The highest BCUT2D eigenvalue weighted by Crippen LogP contribution is 2.53. The Bertz CT molecular complexity index is 486. The number of esters is 1. The summed E-state index contributed by atoms with van der Waals surface area (Å²) in [7, 11) is 1.17. The van der Waals surface area contributed by atoms with Crippen LogP contribution in [0.2, 0.25) is 0 Å². The molecule has 0 amide bonds. The fourth-order valence-corrected chi connectivity index (χ4v) is 2.14. The molecule has 0 heterocycles. The fourth-order valence-electron chi connectivity index (χ4n) is 2.14. The van der Waals surface area contributed by atoms with E-state index in [0.29, 0.717) is 0 Å². The van der Waals surface area contributed by atoms with Gasteiger partial charge >= 0.3 is 12.1 Å². The average Bonchev–Trinajstić information content (AvgIpc) is 3.01. The topological polar surface area (TPSA) is 52.3 Å². The molecule has 1 aliphatic rings. The Morgan fingerprint density at radius 3 is 2.61 bits per heavy atom. The van der Waals surface area contributed by atoms with Crippen LogP contribution in [0.25, 0.3) is 0 Å². The molecule has 18 heavy (non-hydrogen) atoms. The van der Waals surface area contributed by atoms with Crippen LogP contribution >= 0.6 is 0 Å². The number of methoxy groups -OCH3 is 1. The lowest BCUT2D eigenvalue weighted by atomic mass is 10.00. The number of rotatable bonds is 2. The van der Waals surface area contributed by atoms with Gasteiger partial charge in [0.1, 0.15) is 5.54 Å². The summed E-state index contributed by atoms with van der Waals surface area (Å²) >= 11 is 0. The van der Waals surface area contributed by atoms with Gasteiger partial charge in [-0.05, 0) is 18.1 Å². The molecule has 6 heteroatoms. The molecule has 3 nitrogen and oxygen atoms in total.